The van der Waals surface area contributed by atoms with Crippen LogP contribution in [0, 0.1) is 13.8 Å². The van der Waals surface area contributed by atoms with Crippen molar-refractivity contribution in [3.8, 4) is 11.4 Å². The first-order valence-corrected chi connectivity index (χ1v) is 10.4. The predicted molar refractivity (Wildman–Crippen MR) is 126 cm³/mol. The largest absolute Gasteiger partial charge is 0.497 e. The van der Waals surface area contributed by atoms with Crippen LogP contribution in [-0.2, 0) is 16.6 Å². The van der Waals surface area contributed by atoms with Gasteiger partial charge in [0.2, 0.25) is 5.91 Å². The SMILES string of the molecule is COc1cccc(CC(=O)N/N=C/c2cc(C)n(-c3ccc(C(C)(C)C)cc3)c2C)c1. The van der Waals surface area contributed by atoms with Crippen molar-refractivity contribution in [2.45, 2.75) is 46.5 Å². The van der Waals surface area contributed by atoms with Gasteiger partial charge in [0.1, 0.15) is 5.75 Å². The minimum Gasteiger partial charge on any atom is -0.497 e. The second-order valence-corrected chi connectivity index (χ2v) is 8.78. The Morgan fingerprint density at radius 1 is 1.10 bits per heavy atom. The van der Waals surface area contributed by atoms with Crippen LogP contribution < -0.4 is 10.2 Å². The Labute approximate surface area is 184 Å². The molecule has 0 fully saturated rings. The fraction of sp³-hybridized carbons (Fsp3) is 0.308. The number of hydrogen-bond acceptors (Lipinski definition) is 3. The van der Waals surface area contributed by atoms with Gasteiger partial charge in [0.15, 0.2) is 0 Å². The second kappa shape index (κ2) is 9.21. The standard InChI is InChI=1S/C26H31N3O2/c1-18-14-21(17-27-28-25(30)16-20-8-7-9-24(15-20)31-6)19(2)29(18)23-12-10-22(11-13-23)26(3,4)5/h7-15,17H,16H2,1-6H3,(H,28,30)/b27-17+. The molecule has 5 nitrogen and oxygen atoms in total. The van der Waals surface area contributed by atoms with Crippen LogP contribution in [0.15, 0.2) is 59.7 Å². The van der Waals surface area contributed by atoms with E-state index in [9.17, 15) is 4.79 Å². The third kappa shape index (κ3) is 5.43. The highest BCUT2D eigenvalue weighted by Gasteiger charge is 2.14. The summed E-state index contributed by atoms with van der Waals surface area (Å²) in [7, 11) is 1.61. The third-order valence-electron chi connectivity index (χ3n) is 5.35. The summed E-state index contributed by atoms with van der Waals surface area (Å²) >= 11 is 0. The molecule has 0 aliphatic heterocycles. The zero-order valence-corrected chi connectivity index (χ0v) is 19.2. The molecule has 0 radical (unpaired) electrons. The van der Waals surface area contributed by atoms with Gasteiger partial charge in [0, 0.05) is 22.6 Å². The van der Waals surface area contributed by atoms with Crippen molar-refractivity contribution >= 4 is 12.1 Å². The monoisotopic (exact) mass is 417 g/mol. The molecule has 0 atom stereocenters. The number of nitrogens with one attached hydrogen (secondary N) is 1. The van der Waals surface area contributed by atoms with Gasteiger partial charge in [-0.25, -0.2) is 5.43 Å². The van der Waals surface area contributed by atoms with Crippen molar-refractivity contribution in [2.24, 2.45) is 5.10 Å². The van der Waals surface area contributed by atoms with E-state index in [1.54, 1.807) is 13.3 Å². The van der Waals surface area contributed by atoms with E-state index in [1.165, 1.54) is 5.56 Å². The molecule has 2 aromatic carbocycles. The fourth-order valence-electron chi connectivity index (χ4n) is 3.61. The molecule has 1 N–H and O–H groups in total. The molecule has 162 valence electrons. The van der Waals surface area contributed by atoms with Crippen molar-refractivity contribution in [3.05, 3.63) is 82.7 Å². The Morgan fingerprint density at radius 3 is 2.45 bits per heavy atom. The van der Waals surface area contributed by atoms with Crippen LogP contribution in [0.2, 0.25) is 0 Å². The van der Waals surface area contributed by atoms with E-state index in [4.69, 9.17) is 4.74 Å². The lowest BCUT2D eigenvalue weighted by molar-refractivity contribution is -0.120. The van der Waals surface area contributed by atoms with Gasteiger partial charge in [-0.05, 0) is 60.7 Å². The van der Waals surface area contributed by atoms with Crippen molar-refractivity contribution < 1.29 is 9.53 Å². The molecular weight excluding hydrogens is 386 g/mol. The van der Waals surface area contributed by atoms with E-state index >= 15 is 0 Å². The van der Waals surface area contributed by atoms with Gasteiger partial charge in [-0.15, -0.1) is 0 Å². The Kier molecular flexibility index (Phi) is 6.64. The summed E-state index contributed by atoms with van der Waals surface area (Å²) in [5.41, 5.74) is 9.20. The first-order chi connectivity index (χ1) is 14.7. The lowest BCUT2D eigenvalue weighted by atomic mass is 9.87. The molecule has 31 heavy (non-hydrogen) atoms. The Bertz CT molecular complexity index is 1090. The molecule has 0 saturated carbocycles. The minimum atomic E-state index is -0.170. The lowest BCUT2D eigenvalue weighted by Gasteiger charge is -2.20. The molecule has 0 aliphatic rings. The minimum absolute atomic E-state index is 0.125. The number of nitrogens with zero attached hydrogens (tertiary/aromatic N) is 2. The molecule has 1 heterocycles. The van der Waals surface area contributed by atoms with Gasteiger partial charge < -0.3 is 9.30 Å². The number of carbonyl (C=O) groups is 1. The van der Waals surface area contributed by atoms with Gasteiger partial charge in [0.25, 0.3) is 0 Å². The van der Waals surface area contributed by atoms with E-state index in [1.807, 2.05) is 24.3 Å². The van der Waals surface area contributed by atoms with Crippen molar-refractivity contribution in [3.63, 3.8) is 0 Å². The maximum atomic E-state index is 12.2. The average Bonchev–Trinajstić information content (AvgIpc) is 3.00. The van der Waals surface area contributed by atoms with Crippen LogP contribution in [0.5, 0.6) is 5.75 Å². The predicted octanol–water partition coefficient (Wildman–Crippen LogP) is 5.09. The Morgan fingerprint density at radius 2 is 1.81 bits per heavy atom. The number of benzene rings is 2. The Balaban J connectivity index is 1.70. The first kappa shape index (κ1) is 22.3. The van der Waals surface area contributed by atoms with E-state index < -0.39 is 0 Å². The highest BCUT2D eigenvalue weighted by atomic mass is 16.5. The number of amides is 1. The van der Waals surface area contributed by atoms with E-state index in [-0.39, 0.29) is 17.7 Å². The molecular formula is C26H31N3O2. The number of carbonyl (C=O) groups excluding carboxylic acids is 1. The van der Waals surface area contributed by atoms with Crippen LogP contribution in [0.4, 0.5) is 0 Å². The summed E-state index contributed by atoms with van der Waals surface area (Å²) in [5.74, 6) is 0.563. The summed E-state index contributed by atoms with van der Waals surface area (Å²) in [5, 5.41) is 4.17. The number of ether oxygens (including phenoxy) is 1. The molecule has 3 rings (SSSR count). The van der Waals surface area contributed by atoms with Crippen molar-refractivity contribution in [1.82, 2.24) is 9.99 Å². The normalized spacial score (nSPS) is 11.7. The molecule has 0 spiro atoms. The number of aryl methyl sites for hydroxylation is 1. The van der Waals surface area contributed by atoms with Crippen LogP contribution >= 0.6 is 0 Å². The quantitative estimate of drug-likeness (QED) is 0.448. The molecule has 1 amide bonds. The third-order valence-corrected chi connectivity index (χ3v) is 5.35. The van der Waals surface area contributed by atoms with Crippen molar-refractivity contribution in [2.75, 3.05) is 7.11 Å². The van der Waals surface area contributed by atoms with E-state index in [0.717, 1.165) is 34.0 Å². The molecule has 3 aromatic rings. The first-order valence-electron chi connectivity index (χ1n) is 10.4. The fourth-order valence-corrected chi connectivity index (χ4v) is 3.61. The van der Waals surface area contributed by atoms with Gasteiger partial charge >= 0.3 is 0 Å². The lowest BCUT2D eigenvalue weighted by Crippen LogP contribution is -2.19. The number of rotatable bonds is 6. The van der Waals surface area contributed by atoms with Gasteiger partial charge in [-0.3, -0.25) is 4.79 Å². The molecule has 0 saturated heterocycles. The maximum Gasteiger partial charge on any atom is 0.244 e. The number of methoxy groups -OCH3 is 1. The highest BCUT2D eigenvalue weighted by Crippen LogP contribution is 2.25. The molecule has 0 bridgehead atoms. The van der Waals surface area contributed by atoms with Crippen LogP contribution in [0.3, 0.4) is 0 Å². The smallest absolute Gasteiger partial charge is 0.244 e. The molecule has 1 aromatic heterocycles. The summed E-state index contributed by atoms with van der Waals surface area (Å²) in [6.07, 6.45) is 1.94. The number of aromatic nitrogens is 1. The van der Waals surface area contributed by atoms with Gasteiger partial charge in [-0.2, -0.15) is 5.10 Å². The molecule has 0 aliphatic carbocycles. The second-order valence-electron chi connectivity index (χ2n) is 8.78. The average molecular weight is 418 g/mol. The van der Waals surface area contributed by atoms with Crippen molar-refractivity contribution in [1.29, 1.82) is 0 Å². The summed E-state index contributed by atoms with van der Waals surface area (Å²) in [4.78, 5) is 12.2. The number of hydrogen-bond donors (Lipinski definition) is 1. The summed E-state index contributed by atoms with van der Waals surface area (Å²) in [6, 6.07) is 18.2. The maximum absolute atomic E-state index is 12.2. The van der Waals surface area contributed by atoms with Gasteiger partial charge in [0.05, 0.1) is 19.7 Å². The van der Waals surface area contributed by atoms with Crippen LogP contribution in [0.1, 0.15) is 48.8 Å². The molecule has 0 unspecified atom stereocenters. The van der Waals surface area contributed by atoms with E-state index in [0.29, 0.717) is 0 Å². The zero-order chi connectivity index (χ0) is 22.6. The van der Waals surface area contributed by atoms with Crippen LogP contribution in [0.25, 0.3) is 5.69 Å². The summed E-state index contributed by atoms with van der Waals surface area (Å²) in [6.45, 7) is 10.8. The van der Waals surface area contributed by atoms with Crippen LogP contribution in [-0.4, -0.2) is 23.8 Å². The molecule has 5 heteroatoms. The Hall–Kier alpha value is -3.34. The summed E-state index contributed by atoms with van der Waals surface area (Å²) < 4.78 is 7.40. The highest BCUT2D eigenvalue weighted by molar-refractivity contribution is 5.84. The zero-order valence-electron chi connectivity index (χ0n) is 19.2. The van der Waals surface area contributed by atoms with E-state index in [2.05, 4.69) is 80.0 Å². The van der Waals surface area contributed by atoms with Gasteiger partial charge in [-0.1, -0.05) is 45.0 Å². The number of hydrazone groups is 1. The topological polar surface area (TPSA) is 55.6 Å².